The van der Waals surface area contributed by atoms with E-state index in [1.54, 1.807) is 18.2 Å². The van der Waals surface area contributed by atoms with E-state index in [2.05, 4.69) is 46.8 Å². The highest BCUT2D eigenvalue weighted by Crippen LogP contribution is 2.23. The lowest BCUT2D eigenvalue weighted by atomic mass is 9.91. The minimum Gasteiger partial charge on any atom is -0.348 e. The zero-order valence-electron chi connectivity index (χ0n) is 19.9. The van der Waals surface area contributed by atoms with Gasteiger partial charge in [-0.05, 0) is 47.6 Å². The molecule has 176 valence electrons. The number of carbonyl (C=O) groups is 3. The van der Waals surface area contributed by atoms with Gasteiger partial charge in [0.05, 0.1) is 0 Å². The number of benzene rings is 2. The summed E-state index contributed by atoms with van der Waals surface area (Å²) >= 11 is 0. The monoisotopic (exact) mass is 450 g/mol. The molecule has 2 aromatic carbocycles. The van der Waals surface area contributed by atoms with Crippen LogP contribution in [0.5, 0.6) is 0 Å². The van der Waals surface area contributed by atoms with Crippen LogP contribution in [0.1, 0.15) is 55.6 Å². The fraction of sp³-hybridized carbons (Fsp3) is 0.423. The normalized spacial score (nSPS) is 18.4. The van der Waals surface area contributed by atoms with Crippen LogP contribution >= 0.6 is 0 Å². The first kappa shape index (κ1) is 24.5. The van der Waals surface area contributed by atoms with Crippen LogP contribution in [-0.4, -0.2) is 35.7 Å². The van der Waals surface area contributed by atoms with E-state index in [4.69, 9.17) is 0 Å². The number of amides is 3. The molecule has 2 aromatic rings. The van der Waals surface area contributed by atoms with Gasteiger partial charge in [-0.25, -0.2) is 0 Å². The van der Waals surface area contributed by atoms with Gasteiger partial charge in [0.2, 0.25) is 11.8 Å². The number of hydrogen-bond donors (Lipinski definition) is 3. The smallest absolute Gasteiger partial charge is 0.251 e. The Labute approximate surface area is 195 Å². The van der Waals surface area contributed by atoms with Crippen molar-refractivity contribution in [2.45, 2.75) is 47.2 Å². The molecule has 1 aliphatic rings. The molecule has 1 fully saturated rings. The van der Waals surface area contributed by atoms with Gasteiger partial charge >= 0.3 is 0 Å². The van der Waals surface area contributed by atoms with Crippen molar-refractivity contribution >= 4 is 29.1 Å². The highest BCUT2D eigenvalue weighted by molar-refractivity contribution is 5.99. The van der Waals surface area contributed by atoms with E-state index in [1.165, 1.54) is 25.8 Å². The van der Waals surface area contributed by atoms with E-state index in [0.717, 1.165) is 37.0 Å². The molecule has 0 saturated carbocycles. The van der Waals surface area contributed by atoms with Gasteiger partial charge in [-0.15, -0.1) is 0 Å². The first-order valence-corrected chi connectivity index (χ1v) is 11.5. The minimum absolute atomic E-state index is 0.255. The molecule has 1 heterocycles. The molecule has 0 aliphatic carbocycles. The third-order valence-electron chi connectivity index (χ3n) is 5.66. The van der Waals surface area contributed by atoms with Crippen LogP contribution in [0.3, 0.4) is 0 Å². The molecule has 3 rings (SSSR count). The quantitative estimate of drug-likeness (QED) is 0.594. The molecule has 2 unspecified atom stereocenters. The standard InChI is InChI=1S/C26H34N4O3/c1-17-9-18(2)15-30(14-17)16-22-7-5-21(6-8-22)13-27-26(33)23-10-24(28-19(3)31)12-25(11-23)29-20(4)32/h5-8,10-12,17-18H,9,13-16H2,1-4H3,(H,27,33)(H,28,31)(H,29,32). The Morgan fingerprint density at radius 3 is 1.88 bits per heavy atom. The minimum atomic E-state index is -0.283. The van der Waals surface area contributed by atoms with E-state index in [1.807, 2.05) is 12.1 Å². The second-order valence-corrected chi connectivity index (χ2v) is 9.30. The maximum Gasteiger partial charge on any atom is 0.251 e. The maximum absolute atomic E-state index is 12.7. The fourth-order valence-corrected chi connectivity index (χ4v) is 4.54. The molecule has 1 saturated heterocycles. The highest BCUT2D eigenvalue weighted by atomic mass is 16.2. The fourth-order valence-electron chi connectivity index (χ4n) is 4.54. The zero-order valence-corrected chi connectivity index (χ0v) is 19.9. The number of hydrogen-bond acceptors (Lipinski definition) is 4. The van der Waals surface area contributed by atoms with Crippen molar-refractivity contribution in [1.29, 1.82) is 0 Å². The van der Waals surface area contributed by atoms with Crippen molar-refractivity contribution < 1.29 is 14.4 Å². The molecule has 3 N–H and O–H groups in total. The third-order valence-corrected chi connectivity index (χ3v) is 5.66. The number of nitrogens with one attached hydrogen (secondary N) is 3. The van der Waals surface area contributed by atoms with Crippen LogP contribution in [-0.2, 0) is 22.7 Å². The summed E-state index contributed by atoms with van der Waals surface area (Å²) in [6.45, 7) is 11.0. The summed E-state index contributed by atoms with van der Waals surface area (Å²) in [4.78, 5) is 38.1. The first-order chi connectivity index (χ1) is 15.7. The van der Waals surface area contributed by atoms with Gasteiger partial charge in [0.25, 0.3) is 5.91 Å². The predicted octanol–water partition coefficient (Wildman–Crippen LogP) is 4.01. The summed E-state index contributed by atoms with van der Waals surface area (Å²) in [6.07, 6.45) is 1.30. The van der Waals surface area contributed by atoms with Crippen LogP contribution in [0.2, 0.25) is 0 Å². The molecule has 0 spiro atoms. The second kappa shape index (κ2) is 11.1. The largest absolute Gasteiger partial charge is 0.348 e. The number of nitrogens with zero attached hydrogens (tertiary/aromatic N) is 1. The van der Waals surface area contributed by atoms with Gasteiger partial charge in [-0.3, -0.25) is 19.3 Å². The lowest BCUT2D eigenvalue weighted by molar-refractivity contribution is -0.115. The molecule has 7 nitrogen and oxygen atoms in total. The number of likely N-dealkylation sites (tertiary alicyclic amines) is 1. The topological polar surface area (TPSA) is 90.5 Å². The number of piperidine rings is 1. The van der Waals surface area contributed by atoms with Crippen molar-refractivity contribution in [2.75, 3.05) is 23.7 Å². The highest BCUT2D eigenvalue weighted by Gasteiger charge is 2.21. The third kappa shape index (κ3) is 7.71. The van der Waals surface area contributed by atoms with E-state index >= 15 is 0 Å². The van der Waals surface area contributed by atoms with Gasteiger partial charge < -0.3 is 16.0 Å². The number of rotatable bonds is 7. The molecule has 2 atom stereocenters. The van der Waals surface area contributed by atoms with Crippen LogP contribution < -0.4 is 16.0 Å². The first-order valence-electron chi connectivity index (χ1n) is 11.5. The lowest BCUT2D eigenvalue weighted by Crippen LogP contribution is -2.38. The summed E-state index contributed by atoms with van der Waals surface area (Å²) in [6, 6.07) is 13.1. The Bertz CT molecular complexity index is 959. The molecule has 7 heteroatoms. The van der Waals surface area contributed by atoms with E-state index in [-0.39, 0.29) is 17.7 Å². The number of anilines is 2. The Kier molecular flexibility index (Phi) is 8.22. The summed E-state index contributed by atoms with van der Waals surface area (Å²) in [7, 11) is 0. The van der Waals surface area contributed by atoms with Gasteiger partial charge in [0.15, 0.2) is 0 Å². The van der Waals surface area contributed by atoms with Crippen LogP contribution in [0, 0.1) is 11.8 Å². The Hall–Kier alpha value is -3.19. The summed E-state index contributed by atoms with van der Waals surface area (Å²) in [5.41, 5.74) is 3.53. The van der Waals surface area contributed by atoms with Crippen molar-refractivity contribution in [1.82, 2.24) is 10.2 Å². The maximum atomic E-state index is 12.7. The van der Waals surface area contributed by atoms with Gasteiger partial charge in [-0.1, -0.05) is 38.1 Å². The van der Waals surface area contributed by atoms with Gasteiger partial charge in [-0.2, -0.15) is 0 Å². The molecule has 1 aliphatic heterocycles. The Balaban J connectivity index is 1.60. The molecule has 0 aromatic heterocycles. The van der Waals surface area contributed by atoms with Crippen LogP contribution in [0.15, 0.2) is 42.5 Å². The lowest BCUT2D eigenvalue weighted by Gasteiger charge is -2.35. The van der Waals surface area contributed by atoms with Crippen LogP contribution in [0.4, 0.5) is 11.4 Å². The van der Waals surface area contributed by atoms with Crippen LogP contribution in [0.25, 0.3) is 0 Å². The van der Waals surface area contributed by atoms with Crippen molar-refractivity contribution in [3.63, 3.8) is 0 Å². The van der Waals surface area contributed by atoms with E-state index in [0.29, 0.717) is 23.5 Å². The van der Waals surface area contributed by atoms with Crippen molar-refractivity contribution in [3.8, 4) is 0 Å². The number of carbonyl (C=O) groups excluding carboxylic acids is 3. The average Bonchev–Trinajstić information content (AvgIpc) is 2.71. The molecular weight excluding hydrogens is 416 g/mol. The summed E-state index contributed by atoms with van der Waals surface area (Å²) < 4.78 is 0. The van der Waals surface area contributed by atoms with Gasteiger partial charge in [0, 0.05) is 57.0 Å². The average molecular weight is 451 g/mol. The van der Waals surface area contributed by atoms with E-state index in [9.17, 15) is 14.4 Å². The second-order valence-electron chi connectivity index (χ2n) is 9.30. The SMILES string of the molecule is CC(=O)Nc1cc(NC(C)=O)cc(C(=O)NCc2ccc(CN3CC(C)CC(C)C3)cc2)c1. The molecule has 0 bridgehead atoms. The predicted molar refractivity (Wildman–Crippen MR) is 131 cm³/mol. The van der Waals surface area contributed by atoms with E-state index < -0.39 is 0 Å². The summed E-state index contributed by atoms with van der Waals surface area (Å²) in [5.74, 6) is 0.677. The van der Waals surface area contributed by atoms with Crippen molar-refractivity contribution in [3.05, 3.63) is 59.2 Å². The zero-order chi connectivity index (χ0) is 24.0. The molecule has 33 heavy (non-hydrogen) atoms. The molecule has 3 amide bonds. The molecule has 0 radical (unpaired) electrons. The Morgan fingerprint density at radius 2 is 1.36 bits per heavy atom. The Morgan fingerprint density at radius 1 is 0.848 bits per heavy atom. The summed E-state index contributed by atoms with van der Waals surface area (Å²) in [5, 5.41) is 8.23. The molecular formula is C26H34N4O3. The van der Waals surface area contributed by atoms with Gasteiger partial charge in [0.1, 0.15) is 0 Å². The van der Waals surface area contributed by atoms with Crippen molar-refractivity contribution in [2.24, 2.45) is 11.8 Å².